The molecule has 0 radical (unpaired) electrons. The van der Waals surface area contributed by atoms with E-state index in [4.69, 9.17) is 4.99 Å². The zero-order valence-electron chi connectivity index (χ0n) is 15.2. The first-order valence-corrected chi connectivity index (χ1v) is 11.1. The quantitative estimate of drug-likeness (QED) is 0.290. The maximum absolute atomic E-state index is 11.6. The van der Waals surface area contributed by atoms with Gasteiger partial charge in [-0.15, -0.1) is 24.0 Å². The maximum atomic E-state index is 11.6. The third-order valence-electron chi connectivity index (χ3n) is 5.65. The Kier molecular flexibility index (Phi) is 7.61. The second kappa shape index (κ2) is 9.06. The smallest absolute Gasteiger partial charge is 0.194 e. The van der Waals surface area contributed by atoms with Crippen LogP contribution in [-0.4, -0.2) is 57.0 Å². The minimum atomic E-state index is -2.81. The highest BCUT2D eigenvalue weighted by Crippen LogP contribution is 2.36. The molecule has 3 atom stereocenters. The van der Waals surface area contributed by atoms with Crippen LogP contribution in [0.25, 0.3) is 0 Å². The molecule has 25 heavy (non-hydrogen) atoms. The van der Waals surface area contributed by atoms with Gasteiger partial charge in [0.2, 0.25) is 0 Å². The number of nitrogens with zero attached hydrogens (tertiary/aromatic N) is 2. The van der Waals surface area contributed by atoms with Gasteiger partial charge in [0.1, 0.15) is 0 Å². The Morgan fingerprint density at radius 1 is 1.20 bits per heavy atom. The third kappa shape index (κ3) is 5.84. The van der Waals surface area contributed by atoms with Crippen LogP contribution in [0.4, 0.5) is 0 Å². The standard InChI is InChI=1S/C18H31N3O2S.HI/c1-14(2)9-19-18(20-10-15-7-8-24(22,23)13-15)21-11-16-5-3-4-6-17(16)12-21;/h15-17H,1,3-13H2,2H3,(H,19,20);1H. The molecule has 1 saturated carbocycles. The van der Waals surface area contributed by atoms with Crippen molar-refractivity contribution in [2.45, 2.75) is 39.0 Å². The van der Waals surface area contributed by atoms with E-state index in [1.165, 1.54) is 25.7 Å². The summed E-state index contributed by atoms with van der Waals surface area (Å²) < 4.78 is 23.3. The van der Waals surface area contributed by atoms with Crippen LogP contribution in [0.1, 0.15) is 39.0 Å². The number of guanidine groups is 1. The lowest BCUT2D eigenvalue weighted by Gasteiger charge is -2.23. The molecule has 3 rings (SSSR count). The lowest BCUT2D eigenvalue weighted by Crippen LogP contribution is -2.42. The van der Waals surface area contributed by atoms with E-state index in [-0.39, 0.29) is 29.9 Å². The summed E-state index contributed by atoms with van der Waals surface area (Å²) in [5, 5.41) is 3.48. The van der Waals surface area contributed by atoms with Crippen molar-refractivity contribution in [2.75, 3.05) is 37.7 Å². The first kappa shape index (κ1) is 21.0. The fourth-order valence-electron chi connectivity index (χ4n) is 4.32. The van der Waals surface area contributed by atoms with Crippen LogP contribution in [-0.2, 0) is 9.84 Å². The van der Waals surface area contributed by atoms with Crippen molar-refractivity contribution < 1.29 is 8.42 Å². The zero-order chi connectivity index (χ0) is 17.2. The highest BCUT2D eigenvalue weighted by atomic mass is 127. The van der Waals surface area contributed by atoms with Gasteiger partial charge >= 0.3 is 0 Å². The highest BCUT2D eigenvalue weighted by Gasteiger charge is 2.36. The van der Waals surface area contributed by atoms with E-state index in [0.29, 0.717) is 24.6 Å². The predicted molar refractivity (Wildman–Crippen MR) is 114 cm³/mol. The molecule has 144 valence electrons. The Bertz CT molecular complexity index is 591. The van der Waals surface area contributed by atoms with Gasteiger partial charge in [0.25, 0.3) is 0 Å². The number of aliphatic imine (C=N–C) groups is 1. The SMILES string of the molecule is C=C(C)CN=C(NCC1CCS(=O)(=O)C1)N1CC2CCCCC2C1.I. The van der Waals surface area contributed by atoms with E-state index in [9.17, 15) is 8.42 Å². The van der Waals surface area contributed by atoms with Gasteiger partial charge in [-0.25, -0.2) is 13.4 Å². The van der Waals surface area contributed by atoms with Crippen LogP contribution in [0.5, 0.6) is 0 Å². The summed E-state index contributed by atoms with van der Waals surface area (Å²) in [4.78, 5) is 7.14. The van der Waals surface area contributed by atoms with Crippen LogP contribution in [0.15, 0.2) is 17.1 Å². The number of likely N-dealkylation sites (tertiary alicyclic amines) is 1. The Balaban J connectivity index is 0.00000225. The van der Waals surface area contributed by atoms with E-state index in [2.05, 4.69) is 16.8 Å². The first-order chi connectivity index (χ1) is 11.4. The summed E-state index contributed by atoms with van der Waals surface area (Å²) in [7, 11) is -2.81. The van der Waals surface area contributed by atoms with Crippen LogP contribution >= 0.6 is 24.0 Å². The van der Waals surface area contributed by atoms with Crippen molar-refractivity contribution >= 4 is 39.8 Å². The van der Waals surface area contributed by atoms with Crippen LogP contribution < -0.4 is 5.32 Å². The van der Waals surface area contributed by atoms with Gasteiger partial charge in [-0.3, -0.25) is 0 Å². The highest BCUT2D eigenvalue weighted by molar-refractivity contribution is 14.0. The second-order valence-electron chi connectivity index (χ2n) is 7.96. The van der Waals surface area contributed by atoms with Crippen molar-refractivity contribution in [1.29, 1.82) is 0 Å². The topological polar surface area (TPSA) is 61.8 Å². The summed E-state index contributed by atoms with van der Waals surface area (Å²) >= 11 is 0. The van der Waals surface area contributed by atoms with Gasteiger partial charge in [-0.2, -0.15) is 0 Å². The van der Waals surface area contributed by atoms with E-state index < -0.39 is 9.84 Å². The zero-order valence-corrected chi connectivity index (χ0v) is 18.4. The van der Waals surface area contributed by atoms with Gasteiger partial charge in [0, 0.05) is 19.6 Å². The molecule has 2 aliphatic heterocycles. The lowest BCUT2D eigenvalue weighted by molar-refractivity contribution is 0.299. The summed E-state index contributed by atoms with van der Waals surface area (Å²) in [6, 6.07) is 0. The predicted octanol–water partition coefficient (Wildman–Crippen LogP) is 2.68. The Hall–Kier alpha value is -0.310. The summed E-state index contributed by atoms with van der Waals surface area (Å²) in [6.07, 6.45) is 6.18. The molecule has 7 heteroatoms. The van der Waals surface area contributed by atoms with Gasteiger partial charge in [0.05, 0.1) is 18.1 Å². The molecule has 1 aliphatic carbocycles. The lowest BCUT2D eigenvalue weighted by atomic mass is 9.82. The number of halogens is 1. The van der Waals surface area contributed by atoms with Crippen molar-refractivity contribution in [3.8, 4) is 0 Å². The summed E-state index contributed by atoms with van der Waals surface area (Å²) in [6.45, 7) is 9.47. The molecule has 1 N–H and O–H groups in total. The molecule has 5 nitrogen and oxygen atoms in total. The minimum absolute atomic E-state index is 0. The monoisotopic (exact) mass is 481 g/mol. The molecular weight excluding hydrogens is 449 g/mol. The van der Waals surface area contributed by atoms with Crippen molar-refractivity contribution in [1.82, 2.24) is 10.2 Å². The summed E-state index contributed by atoms with van der Waals surface area (Å²) in [5.41, 5.74) is 1.05. The van der Waals surface area contributed by atoms with E-state index in [1.54, 1.807) is 0 Å². The Labute approximate surface area is 169 Å². The van der Waals surface area contributed by atoms with E-state index in [1.807, 2.05) is 6.92 Å². The largest absolute Gasteiger partial charge is 0.356 e. The molecule has 0 aromatic carbocycles. The number of fused-ring (bicyclic) bond motifs is 1. The van der Waals surface area contributed by atoms with E-state index >= 15 is 0 Å². The molecule has 3 unspecified atom stereocenters. The normalized spacial score (nSPS) is 31.3. The minimum Gasteiger partial charge on any atom is -0.356 e. The van der Waals surface area contributed by atoms with E-state index in [0.717, 1.165) is 42.9 Å². The maximum Gasteiger partial charge on any atom is 0.194 e. The molecule has 2 heterocycles. The first-order valence-electron chi connectivity index (χ1n) is 9.31. The van der Waals surface area contributed by atoms with Crippen molar-refractivity contribution in [2.24, 2.45) is 22.7 Å². The van der Waals surface area contributed by atoms with Crippen LogP contribution in [0.3, 0.4) is 0 Å². The Morgan fingerprint density at radius 2 is 1.84 bits per heavy atom. The second-order valence-corrected chi connectivity index (χ2v) is 10.2. The molecule has 0 amide bonds. The molecule has 3 aliphatic rings. The number of sulfone groups is 1. The third-order valence-corrected chi connectivity index (χ3v) is 7.49. The average Bonchev–Trinajstić information content (AvgIpc) is 3.09. The van der Waals surface area contributed by atoms with Crippen LogP contribution in [0, 0.1) is 17.8 Å². The average molecular weight is 481 g/mol. The number of nitrogens with one attached hydrogen (secondary N) is 1. The summed E-state index contributed by atoms with van der Waals surface area (Å²) in [5.74, 6) is 3.45. The van der Waals surface area contributed by atoms with Crippen LogP contribution in [0.2, 0.25) is 0 Å². The van der Waals surface area contributed by atoms with Gasteiger partial charge < -0.3 is 10.2 Å². The Morgan fingerprint density at radius 3 is 2.36 bits per heavy atom. The molecule has 0 aromatic heterocycles. The van der Waals surface area contributed by atoms with Crippen molar-refractivity contribution in [3.63, 3.8) is 0 Å². The number of rotatable bonds is 4. The molecular formula is C18H32IN3O2S. The van der Waals surface area contributed by atoms with Crippen molar-refractivity contribution in [3.05, 3.63) is 12.2 Å². The number of hydrogen-bond donors (Lipinski definition) is 1. The van der Waals surface area contributed by atoms with Gasteiger partial charge in [-0.05, 0) is 43.9 Å². The molecule has 0 bridgehead atoms. The molecule has 0 spiro atoms. The number of hydrogen-bond acceptors (Lipinski definition) is 3. The van der Waals surface area contributed by atoms with Gasteiger partial charge in [0.15, 0.2) is 15.8 Å². The fourth-order valence-corrected chi connectivity index (χ4v) is 6.19. The van der Waals surface area contributed by atoms with Gasteiger partial charge in [-0.1, -0.05) is 25.0 Å². The fraction of sp³-hybridized carbons (Fsp3) is 0.833. The molecule has 0 aromatic rings. The molecule has 3 fully saturated rings. The molecule has 2 saturated heterocycles.